The number of hydrogen-bond donors (Lipinski definition) is 1. The minimum Gasteiger partial charge on any atom is -0.495 e. The number of methoxy groups -OCH3 is 1. The summed E-state index contributed by atoms with van der Waals surface area (Å²) in [6.07, 6.45) is 1.45. The first kappa shape index (κ1) is 21.7. The number of benzene rings is 1. The molecule has 1 saturated heterocycles. The van der Waals surface area contributed by atoms with Crippen molar-refractivity contribution in [3.05, 3.63) is 46.9 Å². The average molecular weight is 435 g/mol. The smallest absolute Gasteiger partial charge is 0.329 e. The van der Waals surface area contributed by atoms with E-state index in [1.807, 2.05) is 0 Å². The second-order valence-electron chi connectivity index (χ2n) is 7.00. The second kappa shape index (κ2) is 9.21. The third-order valence-corrected chi connectivity index (χ3v) is 5.33. The molecule has 0 spiro atoms. The van der Waals surface area contributed by atoms with Crippen LogP contribution < -0.4 is 10.1 Å². The van der Waals surface area contributed by atoms with Gasteiger partial charge in [0.15, 0.2) is 11.9 Å². The van der Waals surface area contributed by atoms with E-state index in [0.29, 0.717) is 35.8 Å². The van der Waals surface area contributed by atoms with Gasteiger partial charge in [-0.05, 0) is 50.5 Å². The first-order valence-corrected chi connectivity index (χ1v) is 9.89. The van der Waals surface area contributed by atoms with Gasteiger partial charge in [0, 0.05) is 17.6 Å². The minimum atomic E-state index is -1.07. The second-order valence-corrected chi connectivity index (χ2v) is 7.41. The molecule has 3 rings (SSSR count). The van der Waals surface area contributed by atoms with Gasteiger partial charge in [-0.25, -0.2) is 4.79 Å². The molecule has 0 aliphatic carbocycles. The summed E-state index contributed by atoms with van der Waals surface area (Å²) in [6.45, 7) is 3.68. The van der Waals surface area contributed by atoms with Gasteiger partial charge < -0.3 is 24.1 Å². The summed E-state index contributed by atoms with van der Waals surface area (Å²) in [4.78, 5) is 39.2. The Morgan fingerprint density at radius 1 is 1.33 bits per heavy atom. The molecule has 2 amide bonds. The number of halogens is 1. The van der Waals surface area contributed by atoms with Crippen molar-refractivity contribution in [2.75, 3.05) is 19.0 Å². The van der Waals surface area contributed by atoms with Crippen molar-refractivity contribution in [1.82, 2.24) is 4.90 Å². The van der Waals surface area contributed by atoms with E-state index in [9.17, 15) is 14.4 Å². The van der Waals surface area contributed by atoms with Crippen LogP contribution in [0.25, 0.3) is 0 Å². The minimum absolute atomic E-state index is 0.158. The maximum absolute atomic E-state index is 12.7. The SMILES string of the molecule is COc1cc(Cl)c(C)cc1NC(=O)[C@@H](C)OC(=O)[C@H]1CCCN1C(=O)c1ccco1. The summed E-state index contributed by atoms with van der Waals surface area (Å²) in [5.74, 6) is -0.980. The quantitative estimate of drug-likeness (QED) is 0.699. The predicted octanol–water partition coefficient (Wildman–Crippen LogP) is 3.43. The van der Waals surface area contributed by atoms with Crippen molar-refractivity contribution in [2.24, 2.45) is 0 Å². The first-order chi connectivity index (χ1) is 14.3. The summed E-state index contributed by atoms with van der Waals surface area (Å²) < 4.78 is 15.7. The fraction of sp³-hybridized carbons (Fsp3) is 0.381. The average Bonchev–Trinajstić information content (AvgIpc) is 3.42. The number of hydrogen-bond acceptors (Lipinski definition) is 6. The predicted molar refractivity (Wildman–Crippen MR) is 110 cm³/mol. The number of aryl methyl sites for hydroxylation is 1. The lowest BCUT2D eigenvalue weighted by Gasteiger charge is -2.24. The van der Waals surface area contributed by atoms with Gasteiger partial charge in [-0.1, -0.05) is 11.6 Å². The molecular formula is C21H23ClN2O6. The maximum atomic E-state index is 12.7. The lowest BCUT2D eigenvalue weighted by Crippen LogP contribution is -2.43. The Morgan fingerprint density at radius 3 is 2.77 bits per heavy atom. The fourth-order valence-corrected chi connectivity index (χ4v) is 3.42. The van der Waals surface area contributed by atoms with Crippen LogP contribution in [0.4, 0.5) is 5.69 Å². The molecule has 8 nitrogen and oxygen atoms in total. The molecule has 0 saturated carbocycles. The standard InChI is InChI=1S/C21H23ClN2O6/c1-12-10-15(18(28-3)11-14(12)22)23-19(25)13(2)30-21(27)16-6-4-8-24(16)20(26)17-7-5-9-29-17/h5,7,9-11,13,16H,4,6,8H2,1-3H3,(H,23,25)/t13-,16-/m1/s1. The number of nitrogens with zero attached hydrogens (tertiary/aromatic N) is 1. The Bertz CT molecular complexity index is 943. The molecule has 1 aliphatic heterocycles. The molecule has 1 aromatic carbocycles. The van der Waals surface area contributed by atoms with Crippen molar-refractivity contribution >= 4 is 35.1 Å². The third kappa shape index (κ3) is 4.59. The fourth-order valence-electron chi connectivity index (χ4n) is 3.27. The van der Waals surface area contributed by atoms with E-state index in [4.69, 9.17) is 25.5 Å². The van der Waals surface area contributed by atoms with Gasteiger partial charge in [0.2, 0.25) is 0 Å². The molecule has 0 radical (unpaired) electrons. The number of esters is 1. The van der Waals surface area contributed by atoms with Gasteiger partial charge in [0.25, 0.3) is 11.8 Å². The number of carbonyl (C=O) groups excluding carboxylic acids is 3. The number of likely N-dealkylation sites (tertiary alicyclic amines) is 1. The van der Waals surface area contributed by atoms with Gasteiger partial charge in [0.1, 0.15) is 11.8 Å². The zero-order chi connectivity index (χ0) is 21.8. The number of nitrogens with one attached hydrogen (secondary N) is 1. The van der Waals surface area contributed by atoms with Crippen LogP contribution in [0, 0.1) is 6.92 Å². The normalized spacial score (nSPS) is 16.8. The van der Waals surface area contributed by atoms with Crippen LogP contribution in [-0.4, -0.2) is 48.5 Å². The highest BCUT2D eigenvalue weighted by Gasteiger charge is 2.37. The van der Waals surface area contributed by atoms with Crippen molar-refractivity contribution in [3.8, 4) is 5.75 Å². The third-order valence-electron chi connectivity index (χ3n) is 4.92. The number of ether oxygens (including phenoxy) is 2. The molecule has 1 aliphatic rings. The topological polar surface area (TPSA) is 98.1 Å². The summed E-state index contributed by atoms with van der Waals surface area (Å²) in [5, 5.41) is 3.19. The maximum Gasteiger partial charge on any atom is 0.329 e. The van der Waals surface area contributed by atoms with Gasteiger partial charge >= 0.3 is 5.97 Å². The van der Waals surface area contributed by atoms with Crippen molar-refractivity contribution in [1.29, 1.82) is 0 Å². The summed E-state index contributed by atoms with van der Waals surface area (Å²) in [7, 11) is 1.46. The molecule has 2 atom stereocenters. The van der Waals surface area contributed by atoms with Gasteiger partial charge in [0.05, 0.1) is 19.1 Å². The molecule has 1 aromatic heterocycles. The number of amides is 2. The van der Waals surface area contributed by atoms with Gasteiger partial charge in [-0.15, -0.1) is 0 Å². The Labute approximate surface area is 179 Å². The monoisotopic (exact) mass is 434 g/mol. The molecule has 0 bridgehead atoms. The van der Waals surface area contributed by atoms with Crippen molar-refractivity contribution in [2.45, 2.75) is 38.8 Å². The zero-order valence-corrected chi connectivity index (χ0v) is 17.7. The van der Waals surface area contributed by atoms with E-state index in [2.05, 4.69) is 5.32 Å². The first-order valence-electron chi connectivity index (χ1n) is 9.51. The molecule has 2 heterocycles. The molecule has 9 heteroatoms. The largest absolute Gasteiger partial charge is 0.495 e. The highest BCUT2D eigenvalue weighted by atomic mass is 35.5. The molecule has 30 heavy (non-hydrogen) atoms. The number of rotatable bonds is 6. The van der Waals surface area contributed by atoms with Crippen LogP contribution in [-0.2, 0) is 14.3 Å². The highest BCUT2D eigenvalue weighted by Crippen LogP contribution is 2.31. The highest BCUT2D eigenvalue weighted by molar-refractivity contribution is 6.31. The van der Waals surface area contributed by atoms with Crippen LogP contribution in [0.1, 0.15) is 35.9 Å². The Hall–Kier alpha value is -3.00. The zero-order valence-electron chi connectivity index (χ0n) is 16.9. The summed E-state index contributed by atoms with van der Waals surface area (Å²) >= 11 is 6.08. The van der Waals surface area contributed by atoms with E-state index >= 15 is 0 Å². The van der Waals surface area contributed by atoms with Crippen LogP contribution in [0.3, 0.4) is 0 Å². The van der Waals surface area contributed by atoms with Crippen LogP contribution in [0.2, 0.25) is 5.02 Å². The molecule has 1 fully saturated rings. The number of carbonyl (C=O) groups is 3. The summed E-state index contributed by atoms with van der Waals surface area (Å²) in [5.41, 5.74) is 1.18. The van der Waals surface area contributed by atoms with Gasteiger partial charge in [-0.3, -0.25) is 9.59 Å². The molecular weight excluding hydrogens is 412 g/mol. The Balaban J connectivity index is 1.64. The van der Waals surface area contributed by atoms with E-state index in [-0.39, 0.29) is 11.7 Å². The van der Waals surface area contributed by atoms with E-state index < -0.39 is 24.0 Å². The van der Waals surface area contributed by atoms with E-state index in [0.717, 1.165) is 5.56 Å². The number of furan rings is 1. The van der Waals surface area contributed by atoms with Gasteiger partial charge in [-0.2, -0.15) is 0 Å². The Kier molecular flexibility index (Phi) is 6.66. The van der Waals surface area contributed by atoms with E-state index in [1.54, 1.807) is 31.2 Å². The van der Waals surface area contributed by atoms with Crippen LogP contribution in [0.15, 0.2) is 34.9 Å². The molecule has 1 N–H and O–H groups in total. The van der Waals surface area contributed by atoms with Crippen molar-refractivity contribution < 1.29 is 28.3 Å². The van der Waals surface area contributed by atoms with Crippen LogP contribution in [0.5, 0.6) is 5.75 Å². The molecule has 2 aromatic rings. The summed E-state index contributed by atoms with van der Waals surface area (Å²) in [6, 6.07) is 5.66. The van der Waals surface area contributed by atoms with E-state index in [1.165, 1.54) is 25.2 Å². The number of anilines is 1. The molecule has 160 valence electrons. The Morgan fingerprint density at radius 2 is 2.10 bits per heavy atom. The molecule has 0 unspecified atom stereocenters. The van der Waals surface area contributed by atoms with Crippen LogP contribution >= 0.6 is 11.6 Å². The van der Waals surface area contributed by atoms with Crippen molar-refractivity contribution in [3.63, 3.8) is 0 Å². The lowest BCUT2D eigenvalue weighted by molar-refractivity contribution is -0.156. The lowest BCUT2D eigenvalue weighted by atomic mass is 10.2.